The Hall–Kier alpha value is -3.02. The summed E-state index contributed by atoms with van der Waals surface area (Å²) in [6.45, 7) is 4.68. The van der Waals surface area contributed by atoms with Gasteiger partial charge in [0.15, 0.2) is 11.5 Å². The molecule has 2 aromatic carbocycles. The van der Waals surface area contributed by atoms with Gasteiger partial charge < -0.3 is 19.7 Å². The molecule has 0 saturated heterocycles. The van der Waals surface area contributed by atoms with E-state index in [1.807, 2.05) is 31.2 Å². The van der Waals surface area contributed by atoms with E-state index in [2.05, 4.69) is 12.2 Å². The van der Waals surface area contributed by atoms with Crippen LogP contribution in [0.3, 0.4) is 0 Å². The largest absolute Gasteiger partial charge is 0.493 e. The molecule has 0 fully saturated rings. The fourth-order valence-electron chi connectivity index (χ4n) is 3.07. The van der Waals surface area contributed by atoms with Gasteiger partial charge in [-0.3, -0.25) is 9.59 Å². The van der Waals surface area contributed by atoms with Gasteiger partial charge in [-0.15, -0.1) is 0 Å². The predicted molar refractivity (Wildman–Crippen MR) is 118 cm³/mol. The average molecular weight is 413 g/mol. The van der Waals surface area contributed by atoms with Crippen LogP contribution in [0.5, 0.6) is 11.5 Å². The monoisotopic (exact) mass is 412 g/mol. The first-order valence-electron chi connectivity index (χ1n) is 10.4. The first-order chi connectivity index (χ1) is 14.5. The number of amides is 2. The lowest BCUT2D eigenvalue weighted by molar-refractivity contribution is -0.122. The number of nitrogens with zero attached hydrogens (tertiary/aromatic N) is 1. The van der Waals surface area contributed by atoms with Gasteiger partial charge in [0.1, 0.15) is 0 Å². The highest BCUT2D eigenvalue weighted by Crippen LogP contribution is 2.30. The number of unbranched alkanes of at least 4 members (excludes halogenated alkanes) is 2. The molecule has 162 valence electrons. The molecule has 0 radical (unpaired) electrons. The number of benzene rings is 2. The predicted octanol–water partition coefficient (Wildman–Crippen LogP) is 4.21. The van der Waals surface area contributed by atoms with Crippen molar-refractivity contribution >= 4 is 11.8 Å². The number of ether oxygens (including phenoxy) is 2. The zero-order valence-electron chi connectivity index (χ0n) is 18.3. The Balaban J connectivity index is 1.93. The van der Waals surface area contributed by atoms with E-state index in [1.54, 1.807) is 38.4 Å². The molecule has 1 atom stereocenters. The van der Waals surface area contributed by atoms with Crippen LogP contribution in [-0.4, -0.2) is 44.0 Å². The van der Waals surface area contributed by atoms with E-state index in [9.17, 15) is 9.59 Å². The van der Waals surface area contributed by atoms with Gasteiger partial charge in [-0.05, 0) is 43.2 Å². The summed E-state index contributed by atoms with van der Waals surface area (Å²) >= 11 is 0. The zero-order valence-corrected chi connectivity index (χ0v) is 18.3. The Morgan fingerprint density at radius 2 is 1.80 bits per heavy atom. The molecule has 1 N–H and O–H groups in total. The molecular formula is C24H32N2O4. The summed E-state index contributed by atoms with van der Waals surface area (Å²) in [4.78, 5) is 26.2. The van der Waals surface area contributed by atoms with Crippen LogP contribution in [0, 0.1) is 0 Å². The lowest BCUT2D eigenvalue weighted by Gasteiger charge is -2.20. The molecular weight excluding hydrogens is 380 g/mol. The summed E-state index contributed by atoms with van der Waals surface area (Å²) in [7, 11) is 3.22. The normalized spacial score (nSPS) is 11.5. The minimum atomic E-state index is -0.235. The first kappa shape index (κ1) is 23.3. The van der Waals surface area contributed by atoms with Crippen LogP contribution in [0.4, 0.5) is 0 Å². The van der Waals surface area contributed by atoms with Crippen molar-refractivity contribution in [2.45, 2.75) is 39.2 Å². The molecule has 0 aliphatic rings. The lowest BCUT2D eigenvalue weighted by Crippen LogP contribution is -2.39. The van der Waals surface area contributed by atoms with Crippen molar-refractivity contribution in [2.75, 3.05) is 27.3 Å². The quantitative estimate of drug-likeness (QED) is 0.561. The molecule has 1 unspecified atom stereocenters. The molecule has 0 aliphatic heterocycles. The van der Waals surface area contributed by atoms with Crippen molar-refractivity contribution < 1.29 is 19.1 Å². The zero-order chi connectivity index (χ0) is 21.9. The van der Waals surface area contributed by atoms with Crippen LogP contribution in [0.25, 0.3) is 0 Å². The van der Waals surface area contributed by atoms with E-state index in [0.29, 0.717) is 23.7 Å². The second kappa shape index (κ2) is 11.9. The van der Waals surface area contributed by atoms with Gasteiger partial charge in [0, 0.05) is 12.6 Å². The van der Waals surface area contributed by atoms with Crippen molar-refractivity contribution in [3.63, 3.8) is 0 Å². The number of hydrogen-bond donors (Lipinski definition) is 1. The Morgan fingerprint density at radius 3 is 2.47 bits per heavy atom. The maximum absolute atomic E-state index is 12.4. The number of likely N-dealkylation sites (N-methyl/N-ethyl adjacent to an activating group) is 1. The Morgan fingerprint density at radius 1 is 1.07 bits per heavy atom. The number of rotatable bonds is 11. The third-order valence-corrected chi connectivity index (χ3v) is 4.82. The average Bonchev–Trinajstić information content (AvgIpc) is 2.76. The number of carbonyl (C=O) groups excluding carboxylic acids is 2. The summed E-state index contributed by atoms with van der Waals surface area (Å²) in [5.41, 5.74) is 1.46. The molecule has 2 rings (SSSR count). The summed E-state index contributed by atoms with van der Waals surface area (Å²) < 4.78 is 11.3. The van der Waals surface area contributed by atoms with Crippen molar-refractivity contribution in [3.8, 4) is 11.5 Å². The molecule has 0 spiro atoms. The highest BCUT2D eigenvalue weighted by molar-refractivity contribution is 5.96. The van der Waals surface area contributed by atoms with Crippen LogP contribution in [0.15, 0.2) is 48.5 Å². The molecule has 2 amide bonds. The van der Waals surface area contributed by atoms with E-state index >= 15 is 0 Å². The maximum atomic E-state index is 12.4. The summed E-state index contributed by atoms with van der Waals surface area (Å²) in [5, 5.41) is 2.93. The van der Waals surface area contributed by atoms with Crippen molar-refractivity contribution in [1.82, 2.24) is 10.2 Å². The van der Waals surface area contributed by atoms with Gasteiger partial charge in [-0.1, -0.05) is 44.0 Å². The summed E-state index contributed by atoms with van der Waals surface area (Å²) in [5.74, 6) is 0.920. The standard InChI is InChI=1S/C24H32N2O4/c1-5-6-10-15-30-21-14-13-20(16-22(21)29-4)18(2)25-23(27)17-26(3)24(28)19-11-8-7-9-12-19/h7-9,11-14,16,18H,5-6,10,15,17H2,1-4H3,(H,25,27). The van der Waals surface area contributed by atoms with Gasteiger partial charge in [0.25, 0.3) is 5.91 Å². The second-order valence-electron chi connectivity index (χ2n) is 7.28. The fraction of sp³-hybridized carbons (Fsp3) is 0.417. The maximum Gasteiger partial charge on any atom is 0.254 e. The van der Waals surface area contributed by atoms with E-state index in [1.165, 1.54) is 4.90 Å². The van der Waals surface area contributed by atoms with Gasteiger partial charge in [-0.2, -0.15) is 0 Å². The molecule has 0 heterocycles. The Labute approximate surface area is 179 Å². The second-order valence-corrected chi connectivity index (χ2v) is 7.28. The lowest BCUT2D eigenvalue weighted by atomic mass is 10.1. The third kappa shape index (κ3) is 6.79. The van der Waals surface area contributed by atoms with Crippen LogP contribution < -0.4 is 14.8 Å². The summed E-state index contributed by atoms with van der Waals surface area (Å²) in [6.07, 6.45) is 3.27. The van der Waals surface area contributed by atoms with Crippen LogP contribution in [0.2, 0.25) is 0 Å². The minimum Gasteiger partial charge on any atom is -0.493 e. The van der Waals surface area contributed by atoms with Crippen LogP contribution in [0.1, 0.15) is 55.1 Å². The van der Waals surface area contributed by atoms with Gasteiger partial charge in [0.2, 0.25) is 5.91 Å². The third-order valence-electron chi connectivity index (χ3n) is 4.82. The van der Waals surface area contributed by atoms with E-state index in [4.69, 9.17) is 9.47 Å². The first-order valence-corrected chi connectivity index (χ1v) is 10.4. The van der Waals surface area contributed by atoms with Gasteiger partial charge >= 0.3 is 0 Å². The number of methoxy groups -OCH3 is 1. The van der Waals surface area contributed by atoms with Crippen molar-refractivity contribution in [3.05, 3.63) is 59.7 Å². The molecule has 0 saturated carbocycles. The smallest absolute Gasteiger partial charge is 0.254 e. The molecule has 30 heavy (non-hydrogen) atoms. The fourth-order valence-corrected chi connectivity index (χ4v) is 3.07. The number of hydrogen-bond acceptors (Lipinski definition) is 4. The van der Waals surface area contributed by atoms with Crippen molar-refractivity contribution in [1.29, 1.82) is 0 Å². The van der Waals surface area contributed by atoms with E-state index in [0.717, 1.165) is 24.8 Å². The van der Waals surface area contributed by atoms with Crippen molar-refractivity contribution in [2.24, 2.45) is 0 Å². The van der Waals surface area contributed by atoms with E-state index < -0.39 is 0 Å². The molecule has 0 bridgehead atoms. The highest BCUT2D eigenvalue weighted by Gasteiger charge is 2.17. The highest BCUT2D eigenvalue weighted by atomic mass is 16.5. The Kier molecular flexibility index (Phi) is 9.19. The molecule has 0 aromatic heterocycles. The van der Waals surface area contributed by atoms with Crippen LogP contribution in [-0.2, 0) is 4.79 Å². The molecule has 2 aromatic rings. The number of carbonyl (C=O) groups is 2. The molecule has 0 aliphatic carbocycles. The summed E-state index contributed by atoms with van der Waals surface area (Å²) in [6, 6.07) is 14.3. The minimum absolute atomic E-state index is 0.0200. The molecule has 6 heteroatoms. The van der Waals surface area contributed by atoms with Gasteiger partial charge in [-0.25, -0.2) is 0 Å². The SMILES string of the molecule is CCCCCOc1ccc(C(C)NC(=O)CN(C)C(=O)c2ccccc2)cc1OC. The topological polar surface area (TPSA) is 67.9 Å². The van der Waals surface area contributed by atoms with Crippen LogP contribution >= 0.6 is 0 Å². The van der Waals surface area contributed by atoms with Gasteiger partial charge in [0.05, 0.1) is 26.3 Å². The molecule has 6 nitrogen and oxygen atoms in total. The van der Waals surface area contributed by atoms with E-state index in [-0.39, 0.29) is 24.4 Å². The Bertz CT molecular complexity index is 823. The number of nitrogens with one attached hydrogen (secondary N) is 1.